The molecule has 1 amide bonds. The van der Waals surface area contributed by atoms with Gasteiger partial charge in [-0.15, -0.1) is 0 Å². The number of amides is 1. The molecule has 13 heteroatoms. The molecule has 11 nitrogen and oxygen atoms in total. The quantitative estimate of drug-likeness (QED) is 0.324. The van der Waals surface area contributed by atoms with Crippen LogP contribution in [-0.4, -0.2) is 40.2 Å². The zero-order valence-corrected chi connectivity index (χ0v) is 18.3. The van der Waals surface area contributed by atoms with Crippen molar-refractivity contribution in [3.63, 3.8) is 0 Å². The molecule has 170 valence electrons. The normalized spacial score (nSPS) is 11.0. The molecule has 4 rings (SSSR count). The molecule has 0 unspecified atom stereocenters. The summed E-state index contributed by atoms with van der Waals surface area (Å²) >= 11 is 6.05. The summed E-state index contributed by atoms with van der Waals surface area (Å²) in [5, 5.41) is 26.7. The summed E-state index contributed by atoms with van der Waals surface area (Å²) in [4.78, 5) is 23.2. The van der Waals surface area contributed by atoms with E-state index in [1.165, 1.54) is 33.8 Å². The number of rotatable bonds is 7. The molecule has 1 aromatic carbocycles. The molecule has 0 aliphatic heterocycles. The molecule has 0 saturated heterocycles. The van der Waals surface area contributed by atoms with Gasteiger partial charge in [-0.1, -0.05) is 17.7 Å². The second kappa shape index (κ2) is 8.82. The van der Waals surface area contributed by atoms with E-state index in [1.807, 2.05) is 0 Å². The van der Waals surface area contributed by atoms with Crippen LogP contribution in [0.1, 0.15) is 27.4 Å². The minimum atomic E-state index is -0.472. The first-order chi connectivity index (χ1) is 15.7. The predicted octanol–water partition coefficient (Wildman–Crippen LogP) is 3.40. The molecule has 3 heterocycles. The first-order valence-corrected chi connectivity index (χ1v) is 10.1. The molecule has 0 bridgehead atoms. The highest BCUT2D eigenvalue weighted by molar-refractivity contribution is 6.31. The number of anilines is 1. The highest BCUT2D eigenvalue weighted by atomic mass is 35.5. The van der Waals surface area contributed by atoms with E-state index in [0.717, 1.165) is 0 Å². The van der Waals surface area contributed by atoms with E-state index in [2.05, 4.69) is 20.6 Å². The number of aryl methyl sites for hydroxylation is 1. The number of carbonyl (C=O) groups is 1. The van der Waals surface area contributed by atoms with Crippen LogP contribution in [0.15, 0.2) is 42.9 Å². The van der Waals surface area contributed by atoms with Gasteiger partial charge in [0.05, 0.1) is 23.4 Å². The Labute approximate surface area is 191 Å². The second-order valence-electron chi connectivity index (χ2n) is 7.27. The van der Waals surface area contributed by atoms with Gasteiger partial charge in [0, 0.05) is 17.4 Å². The van der Waals surface area contributed by atoms with Crippen molar-refractivity contribution in [1.82, 2.24) is 29.3 Å². The first kappa shape index (κ1) is 22.1. The van der Waals surface area contributed by atoms with E-state index in [0.29, 0.717) is 29.2 Å². The monoisotopic (exact) mass is 472 g/mol. The number of benzene rings is 1. The van der Waals surface area contributed by atoms with Crippen molar-refractivity contribution >= 4 is 28.9 Å². The fourth-order valence-electron chi connectivity index (χ4n) is 3.32. The first-order valence-electron chi connectivity index (χ1n) is 9.71. The van der Waals surface area contributed by atoms with E-state index >= 15 is 0 Å². The van der Waals surface area contributed by atoms with Crippen LogP contribution in [-0.2, 0) is 13.2 Å². The number of halogens is 2. The maximum atomic E-state index is 13.2. The van der Waals surface area contributed by atoms with Gasteiger partial charge < -0.3 is 5.32 Å². The number of hydrogen-bond donors (Lipinski definition) is 1. The molecule has 3 aromatic heterocycles. The van der Waals surface area contributed by atoms with Crippen LogP contribution < -0.4 is 5.32 Å². The van der Waals surface area contributed by atoms with Gasteiger partial charge in [0.15, 0.2) is 5.69 Å². The minimum Gasteiger partial charge on any atom is -0.318 e. The summed E-state index contributed by atoms with van der Waals surface area (Å²) in [6.45, 7) is 3.59. The molecule has 0 saturated carbocycles. The third-order valence-corrected chi connectivity index (χ3v) is 5.27. The summed E-state index contributed by atoms with van der Waals surface area (Å²) in [5.41, 5.74) is 1.94. The fourth-order valence-corrected chi connectivity index (χ4v) is 3.55. The van der Waals surface area contributed by atoms with Crippen molar-refractivity contribution in [2.75, 3.05) is 5.32 Å². The molecule has 0 spiro atoms. The van der Waals surface area contributed by atoms with Gasteiger partial charge in [0.25, 0.3) is 5.91 Å². The lowest BCUT2D eigenvalue weighted by Crippen LogP contribution is -2.15. The van der Waals surface area contributed by atoms with Gasteiger partial charge in [-0.3, -0.25) is 24.3 Å². The zero-order chi connectivity index (χ0) is 23.7. The van der Waals surface area contributed by atoms with Crippen molar-refractivity contribution in [2.45, 2.75) is 27.1 Å². The van der Waals surface area contributed by atoms with Crippen LogP contribution in [0.3, 0.4) is 0 Å². The molecule has 0 aliphatic carbocycles. The third-order valence-electron chi connectivity index (χ3n) is 4.92. The highest BCUT2D eigenvalue weighted by Gasteiger charge is 2.22. The number of aromatic nitrogens is 6. The van der Waals surface area contributed by atoms with Crippen molar-refractivity contribution in [3.8, 4) is 0 Å². The minimum absolute atomic E-state index is 0.0425. The van der Waals surface area contributed by atoms with Gasteiger partial charge in [0.2, 0.25) is 0 Å². The summed E-state index contributed by atoms with van der Waals surface area (Å²) in [6.07, 6.45) is 4.67. The Morgan fingerprint density at radius 3 is 2.73 bits per heavy atom. The molecule has 1 N–H and O–H groups in total. The lowest BCUT2D eigenvalue weighted by molar-refractivity contribution is -0.386. The van der Waals surface area contributed by atoms with Crippen molar-refractivity contribution in [3.05, 3.63) is 86.5 Å². The van der Waals surface area contributed by atoms with Crippen LogP contribution in [0.4, 0.5) is 15.8 Å². The largest absolute Gasteiger partial charge is 0.318 e. The average molecular weight is 473 g/mol. The van der Waals surface area contributed by atoms with Gasteiger partial charge in [0.1, 0.15) is 23.9 Å². The van der Waals surface area contributed by atoms with E-state index < -0.39 is 16.6 Å². The number of nitro groups is 1. The molecule has 0 fully saturated rings. The number of nitrogens with zero attached hydrogens (tertiary/aromatic N) is 7. The Kier molecular flexibility index (Phi) is 5.92. The van der Waals surface area contributed by atoms with Gasteiger partial charge in [-0.05, 0) is 37.6 Å². The molecular weight excluding hydrogens is 455 g/mol. The maximum absolute atomic E-state index is 13.2. The summed E-state index contributed by atoms with van der Waals surface area (Å²) in [5.74, 6) is -0.875. The van der Waals surface area contributed by atoms with E-state index in [1.54, 1.807) is 37.0 Å². The predicted molar refractivity (Wildman–Crippen MR) is 117 cm³/mol. The third kappa shape index (κ3) is 4.75. The lowest BCUT2D eigenvalue weighted by atomic mass is 10.2. The second-order valence-corrected chi connectivity index (χ2v) is 7.68. The van der Waals surface area contributed by atoms with Crippen molar-refractivity contribution in [2.24, 2.45) is 0 Å². The van der Waals surface area contributed by atoms with Crippen molar-refractivity contribution < 1.29 is 14.1 Å². The Morgan fingerprint density at radius 2 is 2.03 bits per heavy atom. The van der Waals surface area contributed by atoms with Crippen LogP contribution in [0.5, 0.6) is 0 Å². The Hall–Kier alpha value is -4.06. The summed E-state index contributed by atoms with van der Waals surface area (Å²) in [7, 11) is 0. The SMILES string of the molecule is Cc1nn(Cn2ccc(C(=O)Nc3cnn(Cc4ccc(F)cc4Cl)c3)n2)c(C)c1[N+](=O)[O-]. The summed E-state index contributed by atoms with van der Waals surface area (Å²) < 4.78 is 17.7. The van der Waals surface area contributed by atoms with Gasteiger partial charge in [-0.25, -0.2) is 9.07 Å². The average Bonchev–Trinajstić information content (AvgIpc) is 3.44. The standard InChI is InChI=1S/C20H18ClFN8O3/c1-12-19(30(32)33)13(2)29(25-12)11-27-6-5-18(26-27)20(31)24-16-8-23-28(10-16)9-14-3-4-15(22)7-17(14)21/h3-8,10H,9,11H2,1-2H3,(H,24,31). The number of carbonyl (C=O) groups excluding carboxylic acids is 1. The molecule has 4 aromatic rings. The molecule has 0 atom stereocenters. The number of hydrogen-bond acceptors (Lipinski definition) is 6. The molecule has 0 aliphatic rings. The summed E-state index contributed by atoms with van der Waals surface area (Å²) in [6, 6.07) is 5.64. The smallest absolute Gasteiger partial charge is 0.312 e. The highest BCUT2D eigenvalue weighted by Crippen LogP contribution is 2.22. The zero-order valence-electron chi connectivity index (χ0n) is 17.6. The number of nitrogens with one attached hydrogen (secondary N) is 1. The topological polar surface area (TPSA) is 126 Å². The van der Waals surface area contributed by atoms with Gasteiger partial charge in [-0.2, -0.15) is 15.3 Å². The Bertz CT molecular complexity index is 1360. The molecule has 33 heavy (non-hydrogen) atoms. The Morgan fingerprint density at radius 1 is 1.24 bits per heavy atom. The van der Waals surface area contributed by atoms with Crippen LogP contribution in [0.2, 0.25) is 5.02 Å². The molecular formula is C20H18ClFN8O3. The van der Waals surface area contributed by atoms with E-state index in [9.17, 15) is 19.3 Å². The fraction of sp³-hybridized carbons (Fsp3) is 0.200. The van der Waals surface area contributed by atoms with Crippen LogP contribution in [0.25, 0.3) is 0 Å². The van der Waals surface area contributed by atoms with Crippen LogP contribution >= 0.6 is 11.6 Å². The van der Waals surface area contributed by atoms with Crippen LogP contribution in [0, 0.1) is 29.8 Å². The van der Waals surface area contributed by atoms with Crippen molar-refractivity contribution in [1.29, 1.82) is 0 Å². The van der Waals surface area contributed by atoms with Gasteiger partial charge >= 0.3 is 5.69 Å². The van der Waals surface area contributed by atoms with E-state index in [4.69, 9.17) is 11.6 Å². The van der Waals surface area contributed by atoms with E-state index in [-0.39, 0.29) is 23.1 Å². The Balaban J connectivity index is 1.41. The maximum Gasteiger partial charge on any atom is 0.312 e. The molecule has 0 radical (unpaired) electrons. The lowest BCUT2D eigenvalue weighted by Gasteiger charge is -2.05.